The summed E-state index contributed by atoms with van der Waals surface area (Å²) in [5.41, 5.74) is 2.22. The predicted molar refractivity (Wildman–Crippen MR) is 209 cm³/mol. The second-order valence-corrected chi connectivity index (χ2v) is 15.5. The highest BCUT2D eigenvalue weighted by Gasteiger charge is 2.28. The van der Waals surface area contributed by atoms with Gasteiger partial charge in [-0.3, -0.25) is 9.59 Å². The molecule has 1 aliphatic heterocycles. The van der Waals surface area contributed by atoms with Crippen molar-refractivity contribution in [1.29, 1.82) is 0 Å². The molecule has 13 nitrogen and oxygen atoms in total. The lowest BCUT2D eigenvalue weighted by Gasteiger charge is -2.21. The number of amides is 2. The molecule has 0 fully saturated rings. The maximum absolute atomic E-state index is 15.5. The number of ether oxygens (including phenoxy) is 1. The zero-order valence-electron chi connectivity index (χ0n) is 31.2. The SMILES string of the molecule is COc1cc2c(cc1Nc1nc(Nc3cc(F)cc(F)c3C(=O)NCc3ccc(F)cc3)c3ccn(S(=O)(=O)c4ccc(C)cc4)c3n1)N(C(=O)CN(C)C)CC2. The van der Waals surface area contributed by atoms with E-state index in [0.29, 0.717) is 41.7 Å². The third-order valence-corrected chi connectivity index (χ3v) is 11.0. The maximum atomic E-state index is 15.5. The van der Waals surface area contributed by atoms with Gasteiger partial charge in [0.15, 0.2) is 5.65 Å². The quantitative estimate of drug-likeness (QED) is 0.129. The fourth-order valence-electron chi connectivity index (χ4n) is 6.48. The Hall–Kier alpha value is -6.46. The van der Waals surface area contributed by atoms with Crippen LogP contribution in [0.1, 0.15) is 27.0 Å². The number of rotatable bonds is 12. The Morgan fingerprint density at radius 3 is 2.33 bits per heavy atom. The summed E-state index contributed by atoms with van der Waals surface area (Å²) in [6, 6.07) is 17.9. The van der Waals surface area contributed by atoms with Crippen LogP contribution in [0.15, 0.2) is 90.0 Å². The highest BCUT2D eigenvalue weighted by atomic mass is 32.2. The van der Waals surface area contributed by atoms with Gasteiger partial charge >= 0.3 is 0 Å². The Bertz CT molecular complexity index is 2640. The van der Waals surface area contributed by atoms with Gasteiger partial charge in [0.25, 0.3) is 15.9 Å². The smallest absolute Gasteiger partial charge is 0.269 e. The summed E-state index contributed by atoms with van der Waals surface area (Å²) in [5.74, 6) is -3.59. The lowest BCUT2D eigenvalue weighted by atomic mass is 10.1. The number of fused-ring (bicyclic) bond motifs is 2. The van der Waals surface area contributed by atoms with Crippen LogP contribution in [0.5, 0.6) is 5.75 Å². The number of carbonyl (C=O) groups is 2. The molecule has 17 heteroatoms. The first-order valence-corrected chi connectivity index (χ1v) is 19.1. The zero-order valence-corrected chi connectivity index (χ0v) is 32.0. The van der Waals surface area contributed by atoms with Gasteiger partial charge in [0, 0.05) is 31.0 Å². The molecule has 0 aliphatic carbocycles. The van der Waals surface area contributed by atoms with E-state index in [0.717, 1.165) is 21.2 Å². The lowest BCUT2D eigenvalue weighted by molar-refractivity contribution is -0.119. The summed E-state index contributed by atoms with van der Waals surface area (Å²) in [4.78, 5) is 39.2. The largest absolute Gasteiger partial charge is 0.495 e. The van der Waals surface area contributed by atoms with Crippen LogP contribution in [0, 0.1) is 24.4 Å². The van der Waals surface area contributed by atoms with Gasteiger partial charge in [0.05, 0.1) is 40.9 Å². The number of benzene rings is 4. The van der Waals surface area contributed by atoms with Gasteiger partial charge in [-0.15, -0.1) is 0 Å². The van der Waals surface area contributed by atoms with Gasteiger partial charge in [-0.1, -0.05) is 29.8 Å². The van der Waals surface area contributed by atoms with Crippen LogP contribution in [-0.4, -0.2) is 73.4 Å². The van der Waals surface area contributed by atoms with Crippen LogP contribution in [0.2, 0.25) is 0 Å². The van der Waals surface area contributed by atoms with Crippen molar-refractivity contribution in [2.45, 2.75) is 24.8 Å². The third kappa shape index (κ3) is 7.97. The Morgan fingerprint density at radius 1 is 0.895 bits per heavy atom. The number of halogens is 3. The normalized spacial score (nSPS) is 12.5. The van der Waals surface area contributed by atoms with E-state index in [1.807, 2.05) is 6.92 Å². The van der Waals surface area contributed by atoms with Crippen molar-refractivity contribution in [2.24, 2.45) is 0 Å². The Kier molecular flexibility index (Phi) is 10.6. The minimum atomic E-state index is -4.25. The molecule has 6 aromatic rings. The molecule has 0 unspecified atom stereocenters. The monoisotopic (exact) mass is 798 g/mol. The predicted octanol–water partition coefficient (Wildman–Crippen LogP) is 6.27. The molecule has 294 valence electrons. The molecule has 7 rings (SSSR count). The number of anilines is 5. The van der Waals surface area contributed by atoms with Gasteiger partial charge in [-0.05, 0) is 87.1 Å². The van der Waals surface area contributed by atoms with E-state index < -0.39 is 38.9 Å². The van der Waals surface area contributed by atoms with Crippen LogP contribution in [0.3, 0.4) is 0 Å². The highest BCUT2D eigenvalue weighted by molar-refractivity contribution is 7.90. The highest BCUT2D eigenvalue weighted by Crippen LogP contribution is 2.39. The van der Waals surface area contributed by atoms with E-state index in [2.05, 4.69) is 25.9 Å². The number of nitrogens with zero attached hydrogens (tertiary/aromatic N) is 5. The first-order chi connectivity index (χ1) is 27.2. The van der Waals surface area contributed by atoms with Crippen molar-refractivity contribution in [3.63, 3.8) is 0 Å². The number of hydrogen-bond donors (Lipinski definition) is 3. The van der Waals surface area contributed by atoms with Crippen LogP contribution in [0.25, 0.3) is 11.0 Å². The first-order valence-electron chi connectivity index (χ1n) is 17.6. The minimum Gasteiger partial charge on any atom is -0.495 e. The van der Waals surface area contributed by atoms with Crippen molar-refractivity contribution < 1.29 is 35.9 Å². The molecule has 0 saturated heterocycles. The summed E-state index contributed by atoms with van der Waals surface area (Å²) in [6.07, 6.45) is 1.87. The van der Waals surface area contributed by atoms with Crippen LogP contribution in [0.4, 0.5) is 42.0 Å². The van der Waals surface area contributed by atoms with Gasteiger partial charge in [-0.2, -0.15) is 9.97 Å². The molecule has 0 bridgehead atoms. The molecule has 3 heterocycles. The van der Waals surface area contributed by atoms with Crippen molar-refractivity contribution in [2.75, 3.05) is 49.8 Å². The van der Waals surface area contributed by atoms with Crippen molar-refractivity contribution in [3.05, 3.63) is 125 Å². The van der Waals surface area contributed by atoms with E-state index >= 15 is 4.39 Å². The van der Waals surface area contributed by atoms with Crippen molar-refractivity contribution in [3.8, 4) is 5.75 Å². The van der Waals surface area contributed by atoms with Gasteiger partial charge in [0.1, 0.15) is 29.0 Å². The molecular weight excluding hydrogens is 762 g/mol. The van der Waals surface area contributed by atoms with E-state index in [-0.39, 0.29) is 52.4 Å². The summed E-state index contributed by atoms with van der Waals surface area (Å²) in [5, 5.41) is 8.64. The molecule has 0 spiro atoms. The van der Waals surface area contributed by atoms with Crippen LogP contribution < -0.4 is 25.6 Å². The lowest BCUT2D eigenvalue weighted by Crippen LogP contribution is -2.36. The number of aryl methyl sites for hydroxylation is 1. The second kappa shape index (κ2) is 15.6. The summed E-state index contributed by atoms with van der Waals surface area (Å²) in [6.45, 7) is 2.37. The summed E-state index contributed by atoms with van der Waals surface area (Å²) >= 11 is 0. The summed E-state index contributed by atoms with van der Waals surface area (Å²) in [7, 11) is 0.814. The fourth-order valence-corrected chi connectivity index (χ4v) is 7.78. The number of carbonyl (C=O) groups excluding carboxylic acids is 2. The molecule has 0 atom stereocenters. The number of nitrogens with one attached hydrogen (secondary N) is 3. The van der Waals surface area contributed by atoms with Crippen LogP contribution in [-0.2, 0) is 27.8 Å². The molecule has 4 aromatic carbocycles. The molecule has 2 amide bonds. The molecule has 2 aromatic heterocycles. The Morgan fingerprint density at radius 2 is 1.63 bits per heavy atom. The molecule has 0 saturated carbocycles. The summed E-state index contributed by atoms with van der Waals surface area (Å²) < 4.78 is 78.5. The first kappa shape index (κ1) is 38.8. The Labute approximate surface area is 326 Å². The van der Waals surface area contributed by atoms with Crippen molar-refractivity contribution >= 4 is 61.7 Å². The molecular formula is C40H37F3N8O5S. The fraction of sp³-hybridized carbons (Fsp3) is 0.200. The van der Waals surface area contributed by atoms with E-state index in [4.69, 9.17) is 4.74 Å². The van der Waals surface area contributed by atoms with E-state index in [1.165, 1.54) is 55.8 Å². The van der Waals surface area contributed by atoms with Gasteiger partial charge in [-0.25, -0.2) is 25.6 Å². The molecule has 3 N–H and O–H groups in total. The second-order valence-electron chi connectivity index (χ2n) is 13.6. The average molecular weight is 799 g/mol. The van der Waals surface area contributed by atoms with Crippen molar-refractivity contribution in [1.82, 2.24) is 24.2 Å². The zero-order chi connectivity index (χ0) is 40.6. The minimum absolute atomic E-state index is 0.0247. The number of likely N-dealkylation sites (N-methyl/N-ethyl adjacent to an activating group) is 1. The van der Waals surface area contributed by atoms with E-state index in [9.17, 15) is 26.8 Å². The number of methoxy groups -OCH3 is 1. The van der Waals surface area contributed by atoms with Crippen LogP contribution >= 0.6 is 0 Å². The Balaban J connectivity index is 1.33. The topological polar surface area (TPSA) is 151 Å². The molecule has 0 radical (unpaired) electrons. The maximum Gasteiger partial charge on any atom is 0.269 e. The number of hydrogen-bond acceptors (Lipinski definition) is 10. The molecule has 1 aliphatic rings. The standard InChI is InChI=1S/C40H37F3N8O5S/c1-23-5-11-28(12-6-23)57(54,55)51-16-14-29-37(45-32-19-27(42)18-30(43)36(32)39(53)44-21-24-7-9-26(41)10-8-24)47-40(48-38(29)51)46-31-20-33-25(17-34(31)56-4)13-15-50(33)35(52)22-49(2)3/h5-12,14,16-20H,13,15,21-22H2,1-4H3,(H,44,53)(H2,45,46,47,48). The third-order valence-electron chi connectivity index (χ3n) is 9.29. The number of aromatic nitrogens is 3. The van der Waals surface area contributed by atoms with E-state index in [1.54, 1.807) is 48.2 Å². The average Bonchev–Trinajstić information content (AvgIpc) is 3.79. The van der Waals surface area contributed by atoms with Gasteiger partial charge in [0.2, 0.25) is 11.9 Å². The molecule has 57 heavy (non-hydrogen) atoms. The van der Waals surface area contributed by atoms with Gasteiger partial charge < -0.3 is 30.5 Å².